The zero-order valence-electron chi connectivity index (χ0n) is 11.3. The van der Waals surface area contributed by atoms with E-state index >= 15 is 0 Å². The van der Waals surface area contributed by atoms with E-state index in [9.17, 15) is 14.4 Å². The van der Waals surface area contributed by atoms with Crippen LogP contribution in [-0.4, -0.2) is 66.2 Å². The number of urea groups is 1. The zero-order chi connectivity index (χ0) is 14.4. The molecular formula is C12H20N2O5. The molecule has 0 aromatic carbocycles. The van der Waals surface area contributed by atoms with Gasteiger partial charge in [-0.3, -0.25) is 9.59 Å². The van der Waals surface area contributed by atoms with Crippen molar-refractivity contribution in [2.24, 2.45) is 5.92 Å². The highest BCUT2D eigenvalue weighted by atomic mass is 16.5. The average molecular weight is 272 g/mol. The molecule has 1 N–H and O–H groups in total. The number of likely N-dealkylation sites (tertiary alicyclic amines) is 1. The van der Waals surface area contributed by atoms with Crippen molar-refractivity contribution in [3.05, 3.63) is 0 Å². The number of carboxylic acids is 1. The number of amides is 2. The van der Waals surface area contributed by atoms with E-state index in [0.717, 1.165) is 11.3 Å². The molecule has 0 spiro atoms. The van der Waals surface area contributed by atoms with E-state index in [0.29, 0.717) is 26.1 Å². The van der Waals surface area contributed by atoms with E-state index < -0.39 is 5.97 Å². The number of rotatable bonds is 4. The summed E-state index contributed by atoms with van der Waals surface area (Å²) >= 11 is 0. The Labute approximate surface area is 112 Å². The third-order valence-electron chi connectivity index (χ3n) is 3.01. The second kappa shape index (κ2) is 6.96. The van der Waals surface area contributed by atoms with Gasteiger partial charge in [0.2, 0.25) is 0 Å². The van der Waals surface area contributed by atoms with Crippen LogP contribution < -0.4 is 0 Å². The van der Waals surface area contributed by atoms with E-state index in [1.807, 2.05) is 0 Å². The van der Waals surface area contributed by atoms with Crippen LogP contribution in [0.2, 0.25) is 0 Å². The summed E-state index contributed by atoms with van der Waals surface area (Å²) in [5, 5.41) is 8.65. The van der Waals surface area contributed by atoms with Gasteiger partial charge in [-0.1, -0.05) is 0 Å². The molecule has 1 atom stereocenters. The van der Waals surface area contributed by atoms with E-state index in [-0.39, 0.29) is 24.5 Å². The van der Waals surface area contributed by atoms with Crippen molar-refractivity contribution in [2.75, 3.05) is 33.3 Å². The van der Waals surface area contributed by atoms with Crippen LogP contribution in [0, 0.1) is 5.92 Å². The highest BCUT2D eigenvalue weighted by molar-refractivity contribution is 5.81. The lowest BCUT2D eigenvalue weighted by Crippen LogP contribution is -2.48. The summed E-state index contributed by atoms with van der Waals surface area (Å²) in [6, 6.07) is -0.364. The lowest BCUT2D eigenvalue weighted by molar-refractivity contribution is -0.149. The fourth-order valence-corrected chi connectivity index (χ4v) is 2.12. The predicted molar refractivity (Wildman–Crippen MR) is 66.6 cm³/mol. The number of piperidine rings is 1. The Kier molecular flexibility index (Phi) is 5.59. The van der Waals surface area contributed by atoms with E-state index in [2.05, 4.69) is 0 Å². The van der Waals surface area contributed by atoms with Gasteiger partial charge < -0.3 is 19.6 Å². The summed E-state index contributed by atoms with van der Waals surface area (Å²) < 4.78 is 4.95. The number of carbonyl (C=O) groups is 3. The van der Waals surface area contributed by atoms with Crippen molar-refractivity contribution in [1.82, 2.24) is 9.80 Å². The van der Waals surface area contributed by atoms with Crippen molar-refractivity contribution in [2.45, 2.75) is 19.8 Å². The number of carboxylic acid groups (broad SMARTS) is 1. The number of ether oxygens (including phenoxy) is 1. The second-order valence-electron chi connectivity index (χ2n) is 4.57. The van der Waals surface area contributed by atoms with Crippen LogP contribution in [-0.2, 0) is 14.3 Å². The lowest BCUT2D eigenvalue weighted by Gasteiger charge is -2.33. The molecule has 108 valence electrons. The van der Waals surface area contributed by atoms with Crippen LogP contribution in [0.4, 0.5) is 4.79 Å². The van der Waals surface area contributed by atoms with Crippen molar-refractivity contribution in [1.29, 1.82) is 0 Å². The van der Waals surface area contributed by atoms with Gasteiger partial charge in [0, 0.05) is 20.1 Å². The first-order chi connectivity index (χ1) is 8.95. The number of nitrogens with zero attached hydrogens (tertiary/aromatic N) is 2. The first-order valence-electron chi connectivity index (χ1n) is 6.34. The van der Waals surface area contributed by atoms with Gasteiger partial charge in [0.1, 0.15) is 6.54 Å². The molecule has 1 saturated heterocycles. The summed E-state index contributed by atoms with van der Waals surface area (Å²) in [5.41, 5.74) is 0. The van der Waals surface area contributed by atoms with Crippen LogP contribution in [0.25, 0.3) is 0 Å². The molecule has 1 aliphatic rings. The fraction of sp³-hybridized carbons (Fsp3) is 0.750. The molecule has 7 heteroatoms. The van der Waals surface area contributed by atoms with E-state index in [4.69, 9.17) is 9.84 Å². The molecule has 1 aliphatic heterocycles. The van der Waals surface area contributed by atoms with Crippen molar-refractivity contribution >= 4 is 18.0 Å². The number of likely N-dealkylation sites (N-methyl/N-ethyl adjacent to an activating group) is 1. The average Bonchev–Trinajstić information content (AvgIpc) is 2.37. The maximum absolute atomic E-state index is 12.0. The number of hydrogen-bond donors (Lipinski definition) is 1. The quantitative estimate of drug-likeness (QED) is 0.748. The summed E-state index contributed by atoms with van der Waals surface area (Å²) in [6.07, 6.45) is 1.42. The highest BCUT2D eigenvalue weighted by Gasteiger charge is 2.30. The molecule has 0 bridgehead atoms. The number of esters is 1. The maximum Gasteiger partial charge on any atom is 0.323 e. The van der Waals surface area contributed by atoms with E-state index in [1.54, 1.807) is 6.92 Å². The molecule has 1 heterocycles. The Bertz CT molecular complexity index is 358. The lowest BCUT2D eigenvalue weighted by atomic mass is 9.98. The number of carbonyl (C=O) groups excluding carboxylic acids is 2. The molecule has 0 radical (unpaired) electrons. The Morgan fingerprint density at radius 1 is 1.42 bits per heavy atom. The molecule has 7 nitrogen and oxygen atoms in total. The molecule has 0 saturated carbocycles. The van der Waals surface area contributed by atoms with Gasteiger partial charge in [-0.15, -0.1) is 0 Å². The Balaban J connectivity index is 2.56. The summed E-state index contributed by atoms with van der Waals surface area (Å²) in [6.45, 7) is 2.55. The summed E-state index contributed by atoms with van der Waals surface area (Å²) in [4.78, 5) is 36.9. The summed E-state index contributed by atoms with van der Waals surface area (Å²) in [7, 11) is 1.43. The topological polar surface area (TPSA) is 87.2 Å². The fourth-order valence-electron chi connectivity index (χ4n) is 2.12. The van der Waals surface area contributed by atoms with Gasteiger partial charge in [-0.2, -0.15) is 0 Å². The van der Waals surface area contributed by atoms with E-state index in [1.165, 1.54) is 11.9 Å². The predicted octanol–water partition coefficient (Wildman–Crippen LogP) is 0.398. The minimum absolute atomic E-state index is 0.291. The molecule has 2 amide bonds. The molecule has 1 unspecified atom stereocenters. The van der Waals surface area contributed by atoms with Gasteiger partial charge in [0.05, 0.1) is 12.5 Å². The number of aliphatic carboxylic acids is 1. The molecule has 0 aromatic heterocycles. The van der Waals surface area contributed by atoms with Crippen LogP contribution in [0.15, 0.2) is 0 Å². The second-order valence-corrected chi connectivity index (χ2v) is 4.57. The van der Waals surface area contributed by atoms with Gasteiger partial charge in [0.25, 0.3) is 0 Å². The number of hydrogen-bond acceptors (Lipinski definition) is 4. The monoisotopic (exact) mass is 272 g/mol. The molecule has 0 aromatic rings. The molecule has 1 rings (SSSR count). The summed E-state index contributed by atoms with van der Waals surface area (Å²) in [5.74, 6) is -1.66. The molecule has 1 fully saturated rings. The minimum Gasteiger partial charge on any atom is -0.480 e. The van der Waals surface area contributed by atoms with Gasteiger partial charge in [-0.25, -0.2) is 4.79 Å². The largest absolute Gasteiger partial charge is 0.480 e. The molecular weight excluding hydrogens is 252 g/mol. The maximum atomic E-state index is 12.0. The van der Waals surface area contributed by atoms with Gasteiger partial charge in [-0.05, 0) is 19.8 Å². The third kappa shape index (κ3) is 4.42. The minimum atomic E-state index is -1.06. The van der Waals surface area contributed by atoms with Crippen LogP contribution >= 0.6 is 0 Å². The first-order valence-corrected chi connectivity index (χ1v) is 6.34. The third-order valence-corrected chi connectivity index (χ3v) is 3.01. The van der Waals surface area contributed by atoms with Crippen molar-refractivity contribution in [3.8, 4) is 0 Å². The Morgan fingerprint density at radius 2 is 2.11 bits per heavy atom. The molecule has 0 aliphatic carbocycles. The van der Waals surface area contributed by atoms with Crippen LogP contribution in [0.3, 0.4) is 0 Å². The normalized spacial score (nSPS) is 18.8. The SMILES string of the molecule is CCOC(=O)C1CCCN(C(=O)N(C)CC(=O)O)C1. The van der Waals surface area contributed by atoms with Crippen LogP contribution in [0.5, 0.6) is 0 Å². The van der Waals surface area contributed by atoms with Crippen molar-refractivity contribution in [3.63, 3.8) is 0 Å². The Morgan fingerprint density at radius 3 is 2.68 bits per heavy atom. The standard InChI is InChI=1S/C12H20N2O5/c1-3-19-11(17)9-5-4-6-14(7-9)12(18)13(2)8-10(15)16/h9H,3-8H2,1-2H3,(H,15,16). The Hall–Kier alpha value is -1.79. The van der Waals surface area contributed by atoms with Crippen molar-refractivity contribution < 1.29 is 24.2 Å². The molecule has 19 heavy (non-hydrogen) atoms. The zero-order valence-corrected chi connectivity index (χ0v) is 11.3. The van der Waals surface area contributed by atoms with Gasteiger partial charge in [0.15, 0.2) is 0 Å². The smallest absolute Gasteiger partial charge is 0.323 e. The van der Waals surface area contributed by atoms with Gasteiger partial charge >= 0.3 is 18.0 Å². The highest BCUT2D eigenvalue weighted by Crippen LogP contribution is 2.18. The van der Waals surface area contributed by atoms with Crippen LogP contribution in [0.1, 0.15) is 19.8 Å². The first kappa shape index (κ1) is 15.3.